The van der Waals surface area contributed by atoms with Gasteiger partial charge in [0.05, 0.1) is 10.6 Å². The molecule has 1 aromatic heterocycles. The average molecular weight is 342 g/mol. The summed E-state index contributed by atoms with van der Waals surface area (Å²) in [6.07, 6.45) is 5.18. The Hall–Kier alpha value is -2.38. The smallest absolute Gasteiger partial charge is 0.270 e. The van der Waals surface area contributed by atoms with Crippen LogP contribution >= 0.6 is 24.0 Å². The number of amides is 1. The Balaban J connectivity index is 1.67. The molecule has 1 aromatic carbocycles. The standard InChI is InChI=1S/C16H10N2O3S2/c19-15-14(7-10-3-5-17-6-4-10)23-16(22)18(15)11-1-2-12-13(8-11)21-9-20-12/h1-8H,9H2/b14-7+. The fraction of sp³-hybridized carbons (Fsp3) is 0.0625. The van der Waals surface area contributed by atoms with Gasteiger partial charge in [-0.15, -0.1) is 0 Å². The minimum Gasteiger partial charge on any atom is -0.454 e. The SMILES string of the molecule is O=C1/C(=C\c2ccncc2)SC(=S)N1c1ccc2c(c1)OCO2. The number of nitrogens with zero attached hydrogens (tertiary/aromatic N) is 2. The molecule has 0 unspecified atom stereocenters. The molecule has 3 heterocycles. The molecule has 4 rings (SSSR count). The van der Waals surface area contributed by atoms with E-state index in [2.05, 4.69) is 4.98 Å². The molecule has 1 amide bonds. The van der Waals surface area contributed by atoms with Crippen molar-refractivity contribution in [2.75, 3.05) is 11.7 Å². The van der Waals surface area contributed by atoms with E-state index in [1.807, 2.05) is 18.2 Å². The molecule has 0 spiro atoms. The molecule has 2 aliphatic rings. The fourth-order valence-electron chi connectivity index (χ4n) is 2.33. The highest BCUT2D eigenvalue weighted by Gasteiger charge is 2.34. The molecule has 2 aromatic rings. The first-order valence-electron chi connectivity index (χ1n) is 6.80. The van der Waals surface area contributed by atoms with Gasteiger partial charge >= 0.3 is 0 Å². The number of aromatic nitrogens is 1. The number of carbonyl (C=O) groups is 1. The monoisotopic (exact) mass is 342 g/mol. The van der Waals surface area contributed by atoms with Gasteiger partial charge in [0.2, 0.25) is 6.79 Å². The molecule has 114 valence electrons. The first-order valence-corrected chi connectivity index (χ1v) is 8.02. The Morgan fingerprint density at radius 3 is 2.78 bits per heavy atom. The van der Waals surface area contributed by atoms with Crippen molar-refractivity contribution in [2.24, 2.45) is 0 Å². The van der Waals surface area contributed by atoms with E-state index in [0.717, 1.165) is 5.56 Å². The number of anilines is 1. The summed E-state index contributed by atoms with van der Waals surface area (Å²) in [7, 11) is 0. The zero-order valence-electron chi connectivity index (χ0n) is 11.8. The van der Waals surface area contributed by atoms with E-state index < -0.39 is 0 Å². The van der Waals surface area contributed by atoms with Crippen molar-refractivity contribution in [3.8, 4) is 11.5 Å². The van der Waals surface area contributed by atoms with Crippen LogP contribution in [0.15, 0.2) is 47.6 Å². The Kier molecular flexibility index (Phi) is 3.51. The third-order valence-electron chi connectivity index (χ3n) is 3.41. The van der Waals surface area contributed by atoms with E-state index in [9.17, 15) is 4.79 Å². The van der Waals surface area contributed by atoms with Gasteiger partial charge in [0, 0.05) is 18.5 Å². The van der Waals surface area contributed by atoms with Crippen molar-refractivity contribution in [2.45, 2.75) is 0 Å². The van der Waals surface area contributed by atoms with E-state index in [4.69, 9.17) is 21.7 Å². The van der Waals surface area contributed by atoms with Crippen LogP contribution in [0.25, 0.3) is 6.08 Å². The molecule has 7 heteroatoms. The summed E-state index contributed by atoms with van der Waals surface area (Å²) in [5.74, 6) is 1.15. The summed E-state index contributed by atoms with van der Waals surface area (Å²) in [5, 5.41) is 0. The van der Waals surface area contributed by atoms with Crippen LogP contribution in [0.2, 0.25) is 0 Å². The first-order chi connectivity index (χ1) is 11.2. The number of rotatable bonds is 2. The fourth-order valence-corrected chi connectivity index (χ4v) is 3.62. The Labute approximate surface area is 141 Å². The van der Waals surface area contributed by atoms with Crippen LogP contribution in [0.1, 0.15) is 5.56 Å². The molecule has 1 fully saturated rings. The second kappa shape index (κ2) is 5.68. The van der Waals surface area contributed by atoms with Gasteiger partial charge in [-0.05, 0) is 35.9 Å². The maximum absolute atomic E-state index is 12.7. The summed E-state index contributed by atoms with van der Waals surface area (Å²) >= 11 is 6.64. The van der Waals surface area contributed by atoms with Gasteiger partial charge < -0.3 is 9.47 Å². The van der Waals surface area contributed by atoms with Gasteiger partial charge in [0.15, 0.2) is 15.8 Å². The van der Waals surface area contributed by atoms with Crippen molar-refractivity contribution in [1.82, 2.24) is 4.98 Å². The lowest BCUT2D eigenvalue weighted by Crippen LogP contribution is -2.27. The minimum absolute atomic E-state index is 0.143. The molecular weight excluding hydrogens is 332 g/mol. The number of thioether (sulfide) groups is 1. The third-order valence-corrected chi connectivity index (χ3v) is 4.71. The lowest BCUT2D eigenvalue weighted by atomic mass is 10.2. The Bertz CT molecular complexity index is 836. The van der Waals surface area contributed by atoms with Gasteiger partial charge in [-0.2, -0.15) is 0 Å². The van der Waals surface area contributed by atoms with E-state index >= 15 is 0 Å². The van der Waals surface area contributed by atoms with Crippen LogP contribution in [0, 0.1) is 0 Å². The van der Waals surface area contributed by atoms with Crippen molar-refractivity contribution in [3.63, 3.8) is 0 Å². The summed E-state index contributed by atoms with van der Waals surface area (Å²) in [4.78, 5) is 18.7. The molecule has 0 aliphatic carbocycles. The van der Waals surface area contributed by atoms with E-state index in [1.165, 1.54) is 16.7 Å². The van der Waals surface area contributed by atoms with Crippen LogP contribution < -0.4 is 14.4 Å². The van der Waals surface area contributed by atoms with Crippen LogP contribution in [0.5, 0.6) is 11.5 Å². The zero-order chi connectivity index (χ0) is 15.8. The predicted octanol–water partition coefficient (Wildman–Crippen LogP) is 3.22. The largest absolute Gasteiger partial charge is 0.454 e. The summed E-state index contributed by atoms with van der Waals surface area (Å²) in [5.41, 5.74) is 1.58. The quantitative estimate of drug-likeness (QED) is 0.617. The van der Waals surface area contributed by atoms with E-state index in [0.29, 0.717) is 26.4 Å². The number of carbonyl (C=O) groups excluding carboxylic acids is 1. The number of benzene rings is 1. The predicted molar refractivity (Wildman–Crippen MR) is 92.5 cm³/mol. The van der Waals surface area contributed by atoms with Crippen molar-refractivity contribution in [1.29, 1.82) is 0 Å². The topological polar surface area (TPSA) is 51.7 Å². The number of hydrogen-bond acceptors (Lipinski definition) is 6. The van der Waals surface area contributed by atoms with Gasteiger partial charge in [0.1, 0.15) is 0 Å². The van der Waals surface area contributed by atoms with Crippen molar-refractivity contribution in [3.05, 3.63) is 53.2 Å². The Morgan fingerprint density at radius 2 is 1.96 bits per heavy atom. The minimum atomic E-state index is -0.143. The molecular formula is C16H10N2O3S2. The highest BCUT2D eigenvalue weighted by atomic mass is 32.2. The van der Waals surface area contributed by atoms with Gasteiger partial charge in [-0.3, -0.25) is 14.7 Å². The molecule has 0 radical (unpaired) electrons. The number of pyridine rings is 1. The van der Waals surface area contributed by atoms with Crippen molar-refractivity contribution >= 4 is 46.0 Å². The average Bonchev–Trinajstić information content (AvgIpc) is 3.13. The highest BCUT2D eigenvalue weighted by molar-refractivity contribution is 8.27. The molecule has 23 heavy (non-hydrogen) atoms. The van der Waals surface area contributed by atoms with Gasteiger partial charge in [-0.1, -0.05) is 24.0 Å². The Morgan fingerprint density at radius 1 is 1.17 bits per heavy atom. The lowest BCUT2D eigenvalue weighted by Gasteiger charge is -2.14. The highest BCUT2D eigenvalue weighted by Crippen LogP contribution is 2.40. The van der Waals surface area contributed by atoms with E-state index in [-0.39, 0.29) is 12.7 Å². The number of thiocarbonyl (C=S) groups is 1. The maximum atomic E-state index is 12.7. The first kappa shape index (κ1) is 14.2. The van der Waals surface area contributed by atoms with Crippen LogP contribution in [-0.2, 0) is 4.79 Å². The van der Waals surface area contributed by atoms with Crippen LogP contribution in [0.3, 0.4) is 0 Å². The second-order valence-electron chi connectivity index (χ2n) is 4.84. The zero-order valence-corrected chi connectivity index (χ0v) is 13.4. The van der Waals surface area contributed by atoms with Crippen LogP contribution in [-0.4, -0.2) is 22.0 Å². The second-order valence-corrected chi connectivity index (χ2v) is 6.51. The molecule has 5 nitrogen and oxygen atoms in total. The molecule has 2 aliphatic heterocycles. The molecule has 0 atom stereocenters. The van der Waals surface area contributed by atoms with E-state index in [1.54, 1.807) is 30.6 Å². The van der Waals surface area contributed by atoms with Crippen molar-refractivity contribution < 1.29 is 14.3 Å². The number of hydrogen-bond donors (Lipinski definition) is 0. The molecule has 0 saturated carbocycles. The lowest BCUT2D eigenvalue weighted by molar-refractivity contribution is -0.113. The third kappa shape index (κ3) is 2.58. The number of fused-ring (bicyclic) bond motifs is 1. The summed E-state index contributed by atoms with van der Waals surface area (Å²) in [6.45, 7) is 0.194. The maximum Gasteiger partial charge on any atom is 0.270 e. The van der Waals surface area contributed by atoms with Gasteiger partial charge in [0.25, 0.3) is 5.91 Å². The number of ether oxygens (including phenoxy) is 2. The normalized spacial score (nSPS) is 18.1. The van der Waals surface area contributed by atoms with Crippen LogP contribution in [0.4, 0.5) is 5.69 Å². The molecule has 1 saturated heterocycles. The van der Waals surface area contributed by atoms with Gasteiger partial charge in [-0.25, -0.2) is 0 Å². The summed E-state index contributed by atoms with van der Waals surface area (Å²) in [6, 6.07) is 9.03. The molecule has 0 bridgehead atoms. The molecule has 0 N–H and O–H groups in total. The summed E-state index contributed by atoms with van der Waals surface area (Å²) < 4.78 is 11.1.